The highest BCUT2D eigenvalue weighted by atomic mass is 32.1. The highest BCUT2D eigenvalue weighted by Gasteiger charge is 2.12. The van der Waals surface area contributed by atoms with Crippen LogP contribution in [-0.2, 0) is 14.3 Å². The highest BCUT2D eigenvalue weighted by Crippen LogP contribution is 2.25. The molecule has 0 bridgehead atoms. The van der Waals surface area contributed by atoms with Gasteiger partial charge in [-0.25, -0.2) is 4.98 Å². The van der Waals surface area contributed by atoms with E-state index in [-0.39, 0.29) is 12.5 Å². The Hall–Kier alpha value is -3.52. The number of hydrogen-bond donors (Lipinski definition) is 2. The van der Waals surface area contributed by atoms with Crippen LogP contribution in [0, 0.1) is 13.8 Å². The summed E-state index contributed by atoms with van der Waals surface area (Å²) in [5.74, 6) is -1.59. The lowest BCUT2D eigenvalue weighted by Crippen LogP contribution is -2.32. The molecule has 30 heavy (non-hydrogen) atoms. The third-order valence-corrected chi connectivity index (χ3v) is 4.93. The number of hydrogen-bond acceptors (Lipinski definition) is 6. The Balaban J connectivity index is 1.42. The minimum Gasteiger partial charge on any atom is -0.454 e. The van der Waals surface area contributed by atoms with Crippen LogP contribution in [-0.4, -0.2) is 35.9 Å². The van der Waals surface area contributed by atoms with Crippen molar-refractivity contribution >= 4 is 34.3 Å². The summed E-state index contributed by atoms with van der Waals surface area (Å²) in [7, 11) is 0. The smallest absolute Gasteiger partial charge is 0.325 e. The van der Waals surface area contributed by atoms with Crippen molar-refractivity contribution in [3.05, 3.63) is 70.6 Å². The molecule has 7 nitrogen and oxygen atoms in total. The first kappa shape index (κ1) is 21.2. The van der Waals surface area contributed by atoms with E-state index in [4.69, 9.17) is 4.74 Å². The molecule has 2 amide bonds. The van der Waals surface area contributed by atoms with E-state index in [0.717, 1.165) is 22.4 Å². The minimum atomic E-state index is -0.704. The largest absolute Gasteiger partial charge is 0.454 e. The van der Waals surface area contributed by atoms with Crippen molar-refractivity contribution in [2.45, 2.75) is 13.8 Å². The maximum absolute atomic E-state index is 12.0. The van der Waals surface area contributed by atoms with E-state index >= 15 is 0 Å². The molecule has 0 atom stereocenters. The summed E-state index contributed by atoms with van der Waals surface area (Å²) in [5, 5.41) is 7.32. The topological polar surface area (TPSA) is 97.4 Å². The number of rotatable bonds is 7. The van der Waals surface area contributed by atoms with E-state index < -0.39 is 18.5 Å². The lowest BCUT2D eigenvalue weighted by atomic mass is 10.1. The fraction of sp³-hybridized carbons (Fsp3) is 0.182. The van der Waals surface area contributed by atoms with Crippen LogP contribution in [0.3, 0.4) is 0 Å². The third-order valence-electron chi connectivity index (χ3n) is 4.17. The Bertz CT molecular complexity index is 1040. The van der Waals surface area contributed by atoms with Crippen LogP contribution in [0.4, 0.5) is 5.13 Å². The number of carbonyl (C=O) groups is 3. The SMILES string of the molecule is Cc1ccc(C(=O)NCC(=O)OCC(=O)Nc2nc(-c3ccc(C)cc3)cs2)cc1. The molecule has 2 N–H and O–H groups in total. The molecule has 3 rings (SSSR count). The second-order valence-electron chi connectivity index (χ2n) is 6.66. The van der Waals surface area contributed by atoms with Crippen molar-refractivity contribution in [2.75, 3.05) is 18.5 Å². The van der Waals surface area contributed by atoms with Gasteiger partial charge in [-0.3, -0.25) is 19.7 Å². The summed E-state index contributed by atoms with van der Waals surface area (Å²) >= 11 is 1.28. The highest BCUT2D eigenvalue weighted by molar-refractivity contribution is 7.14. The molecule has 0 spiro atoms. The van der Waals surface area contributed by atoms with Crippen LogP contribution >= 0.6 is 11.3 Å². The van der Waals surface area contributed by atoms with Crippen molar-refractivity contribution in [2.24, 2.45) is 0 Å². The molecule has 0 fully saturated rings. The summed E-state index contributed by atoms with van der Waals surface area (Å²) in [4.78, 5) is 40.1. The zero-order valence-corrected chi connectivity index (χ0v) is 17.4. The van der Waals surface area contributed by atoms with Crippen molar-refractivity contribution in [1.82, 2.24) is 10.3 Å². The van der Waals surface area contributed by atoms with Crippen molar-refractivity contribution in [1.29, 1.82) is 0 Å². The van der Waals surface area contributed by atoms with E-state index in [0.29, 0.717) is 10.7 Å². The first-order valence-electron chi connectivity index (χ1n) is 9.23. The number of aromatic nitrogens is 1. The first-order valence-corrected chi connectivity index (χ1v) is 10.1. The molecule has 0 aliphatic heterocycles. The number of aryl methyl sites for hydroxylation is 2. The number of nitrogens with one attached hydrogen (secondary N) is 2. The third kappa shape index (κ3) is 5.99. The molecule has 8 heteroatoms. The van der Waals surface area contributed by atoms with E-state index in [1.165, 1.54) is 11.3 Å². The quantitative estimate of drug-likeness (QED) is 0.568. The Kier molecular flexibility index (Phi) is 6.92. The van der Waals surface area contributed by atoms with Gasteiger partial charge in [0.1, 0.15) is 6.54 Å². The van der Waals surface area contributed by atoms with Gasteiger partial charge in [0.05, 0.1) is 5.69 Å². The molecule has 0 aliphatic rings. The van der Waals surface area contributed by atoms with Crippen molar-refractivity contribution < 1.29 is 19.1 Å². The van der Waals surface area contributed by atoms with Crippen molar-refractivity contribution in [3.8, 4) is 11.3 Å². The van der Waals surface area contributed by atoms with Crippen LogP contribution in [0.1, 0.15) is 21.5 Å². The van der Waals surface area contributed by atoms with Gasteiger partial charge in [0.25, 0.3) is 11.8 Å². The monoisotopic (exact) mass is 423 g/mol. The first-order chi connectivity index (χ1) is 14.4. The Morgan fingerprint density at radius 2 is 1.60 bits per heavy atom. The average molecular weight is 423 g/mol. The molecule has 0 saturated heterocycles. The van der Waals surface area contributed by atoms with Gasteiger partial charge in [-0.05, 0) is 26.0 Å². The summed E-state index contributed by atoms with van der Waals surface area (Å²) < 4.78 is 4.90. The summed E-state index contributed by atoms with van der Waals surface area (Å²) in [6, 6.07) is 14.9. The van der Waals surface area contributed by atoms with E-state index in [1.807, 2.05) is 43.5 Å². The van der Waals surface area contributed by atoms with Gasteiger partial charge in [0, 0.05) is 16.5 Å². The minimum absolute atomic E-state index is 0.325. The zero-order valence-electron chi connectivity index (χ0n) is 16.6. The molecule has 1 aromatic heterocycles. The van der Waals surface area contributed by atoms with Crippen LogP contribution < -0.4 is 10.6 Å². The molecule has 1 heterocycles. The fourth-order valence-corrected chi connectivity index (χ4v) is 3.24. The summed E-state index contributed by atoms with van der Waals surface area (Å²) in [5.41, 5.74) is 4.33. The number of ether oxygens (including phenoxy) is 1. The van der Waals surface area contributed by atoms with Crippen LogP contribution in [0.15, 0.2) is 53.9 Å². The summed E-state index contributed by atoms with van der Waals surface area (Å²) in [6.07, 6.45) is 0. The predicted molar refractivity (Wildman–Crippen MR) is 115 cm³/mol. The van der Waals surface area contributed by atoms with Gasteiger partial charge in [-0.15, -0.1) is 11.3 Å². The molecular weight excluding hydrogens is 402 g/mol. The normalized spacial score (nSPS) is 10.3. The molecule has 154 valence electrons. The van der Waals surface area contributed by atoms with Crippen LogP contribution in [0.25, 0.3) is 11.3 Å². The molecular formula is C22H21N3O4S. The Morgan fingerprint density at radius 1 is 0.967 bits per heavy atom. The Morgan fingerprint density at radius 3 is 2.27 bits per heavy atom. The second kappa shape index (κ2) is 9.80. The average Bonchev–Trinajstić information content (AvgIpc) is 3.20. The lowest BCUT2D eigenvalue weighted by molar-refractivity contribution is -0.146. The fourth-order valence-electron chi connectivity index (χ4n) is 2.50. The van der Waals surface area contributed by atoms with Gasteiger partial charge >= 0.3 is 5.97 Å². The molecule has 0 unspecified atom stereocenters. The number of carbonyl (C=O) groups excluding carboxylic acids is 3. The zero-order chi connectivity index (χ0) is 21.5. The molecule has 3 aromatic rings. The number of esters is 1. The molecule has 0 saturated carbocycles. The predicted octanol–water partition coefficient (Wildman–Crippen LogP) is 3.34. The lowest BCUT2D eigenvalue weighted by Gasteiger charge is -2.06. The Labute approximate surface area is 178 Å². The maximum Gasteiger partial charge on any atom is 0.325 e. The maximum atomic E-state index is 12.0. The number of amides is 2. The van der Waals surface area contributed by atoms with Gasteiger partial charge < -0.3 is 10.1 Å². The molecule has 0 radical (unpaired) electrons. The number of benzene rings is 2. The van der Waals surface area contributed by atoms with Crippen LogP contribution in [0.5, 0.6) is 0 Å². The number of thiazole rings is 1. The molecule has 0 aliphatic carbocycles. The van der Waals surface area contributed by atoms with E-state index in [9.17, 15) is 14.4 Å². The van der Waals surface area contributed by atoms with E-state index in [2.05, 4.69) is 15.6 Å². The van der Waals surface area contributed by atoms with Gasteiger partial charge in [-0.1, -0.05) is 47.5 Å². The van der Waals surface area contributed by atoms with E-state index in [1.54, 1.807) is 24.3 Å². The number of nitrogens with zero attached hydrogens (tertiary/aromatic N) is 1. The summed E-state index contributed by atoms with van der Waals surface area (Å²) in [6.45, 7) is 3.14. The van der Waals surface area contributed by atoms with Crippen LogP contribution in [0.2, 0.25) is 0 Å². The second-order valence-corrected chi connectivity index (χ2v) is 7.52. The van der Waals surface area contributed by atoms with Gasteiger partial charge in [0.2, 0.25) is 0 Å². The molecule has 2 aromatic carbocycles. The van der Waals surface area contributed by atoms with Crippen molar-refractivity contribution in [3.63, 3.8) is 0 Å². The van der Waals surface area contributed by atoms with Gasteiger partial charge in [0.15, 0.2) is 11.7 Å². The standard InChI is InChI=1S/C22H21N3O4S/c1-14-3-7-16(8-4-14)18-13-30-22(24-18)25-19(26)12-29-20(27)11-23-21(28)17-9-5-15(2)6-10-17/h3-10,13H,11-12H2,1-2H3,(H,23,28)(H,24,25,26). The number of anilines is 1. The van der Waals surface area contributed by atoms with Gasteiger partial charge in [-0.2, -0.15) is 0 Å².